The number of halogens is 1. The van der Waals surface area contributed by atoms with Crippen molar-refractivity contribution in [3.63, 3.8) is 0 Å². The highest BCUT2D eigenvalue weighted by atomic mass is 19.1. The van der Waals surface area contributed by atoms with E-state index >= 15 is 0 Å². The van der Waals surface area contributed by atoms with E-state index < -0.39 is 17.5 Å². The Morgan fingerprint density at radius 2 is 2.12 bits per heavy atom. The second kappa shape index (κ2) is 3.63. The monoisotopic (exact) mass is 226 g/mol. The molecule has 0 saturated heterocycles. The van der Waals surface area contributed by atoms with Crippen molar-refractivity contribution in [3.05, 3.63) is 23.5 Å². The Kier molecular flexibility index (Phi) is 2.54. The zero-order chi connectivity index (χ0) is 11.9. The first-order valence-electron chi connectivity index (χ1n) is 5.23. The van der Waals surface area contributed by atoms with Gasteiger partial charge in [-0.25, -0.2) is 4.39 Å². The molecule has 0 aliphatic carbocycles. The first-order valence-corrected chi connectivity index (χ1v) is 5.23. The van der Waals surface area contributed by atoms with Crippen molar-refractivity contribution in [2.75, 3.05) is 6.61 Å². The molecule has 0 aromatic heterocycles. The fraction of sp³-hybridized carbons (Fsp3) is 0.500. The fourth-order valence-corrected chi connectivity index (χ4v) is 1.64. The van der Waals surface area contributed by atoms with Crippen LogP contribution in [0.25, 0.3) is 0 Å². The van der Waals surface area contributed by atoms with Gasteiger partial charge in [0.1, 0.15) is 12.2 Å². The lowest BCUT2D eigenvalue weighted by Crippen LogP contribution is -2.39. The molecule has 1 aliphatic rings. The first kappa shape index (κ1) is 11.2. The molecular formula is C12H15FO3. The molecule has 1 N–H and O–H groups in total. The number of hydrogen-bond acceptors (Lipinski definition) is 3. The minimum atomic E-state index is -0.862. The van der Waals surface area contributed by atoms with Crippen LogP contribution in [0, 0.1) is 5.82 Å². The summed E-state index contributed by atoms with van der Waals surface area (Å²) in [4.78, 5) is 0. The van der Waals surface area contributed by atoms with Crippen molar-refractivity contribution in [1.29, 1.82) is 0 Å². The SMILES string of the molecule is CC(O)c1ccc2c(c1F)OC(C)(C)CO2. The maximum atomic E-state index is 14.0. The Hall–Kier alpha value is -1.29. The van der Waals surface area contributed by atoms with E-state index in [1.165, 1.54) is 13.0 Å². The van der Waals surface area contributed by atoms with E-state index in [0.717, 1.165) is 0 Å². The number of hydrogen-bond donors (Lipinski definition) is 1. The second-order valence-electron chi connectivity index (χ2n) is 4.62. The standard InChI is InChI=1S/C12H15FO3/c1-7(14)8-4-5-9-11(10(8)13)16-12(2,3)6-15-9/h4-5,7,14H,6H2,1-3H3. The van der Waals surface area contributed by atoms with Crippen LogP contribution in [-0.4, -0.2) is 17.3 Å². The summed E-state index contributed by atoms with van der Waals surface area (Å²) in [5.41, 5.74) is -0.328. The van der Waals surface area contributed by atoms with Gasteiger partial charge in [-0.3, -0.25) is 0 Å². The third-order valence-electron chi connectivity index (χ3n) is 2.49. The van der Waals surface area contributed by atoms with Crippen molar-refractivity contribution in [2.24, 2.45) is 0 Å². The zero-order valence-corrected chi connectivity index (χ0v) is 9.58. The Bertz CT molecular complexity index is 413. The predicted octanol–water partition coefficient (Wildman–Crippen LogP) is 2.43. The molecule has 0 amide bonds. The zero-order valence-electron chi connectivity index (χ0n) is 9.58. The van der Waals surface area contributed by atoms with Crippen LogP contribution in [0.3, 0.4) is 0 Å². The normalized spacial score (nSPS) is 19.3. The summed E-state index contributed by atoms with van der Waals surface area (Å²) < 4.78 is 24.9. The van der Waals surface area contributed by atoms with Crippen LogP contribution in [0.4, 0.5) is 4.39 Å². The van der Waals surface area contributed by atoms with Crippen LogP contribution in [0.5, 0.6) is 11.5 Å². The number of rotatable bonds is 1. The Labute approximate surface area is 93.8 Å². The van der Waals surface area contributed by atoms with Crippen molar-refractivity contribution in [3.8, 4) is 11.5 Å². The highest BCUT2D eigenvalue weighted by Gasteiger charge is 2.31. The summed E-state index contributed by atoms with van der Waals surface area (Å²) in [6.45, 7) is 5.54. The Morgan fingerprint density at radius 1 is 1.44 bits per heavy atom. The summed E-state index contributed by atoms with van der Waals surface area (Å²) in [5, 5.41) is 9.40. The minimum absolute atomic E-state index is 0.0923. The van der Waals surface area contributed by atoms with Crippen molar-refractivity contribution < 1.29 is 19.0 Å². The molecule has 0 spiro atoms. The summed E-state index contributed by atoms with van der Waals surface area (Å²) in [5.74, 6) is -0.0591. The fourth-order valence-electron chi connectivity index (χ4n) is 1.64. The lowest BCUT2D eigenvalue weighted by molar-refractivity contribution is 0.0163. The van der Waals surface area contributed by atoms with Crippen LogP contribution >= 0.6 is 0 Å². The topological polar surface area (TPSA) is 38.7 Å². The van der Waals surface area contributed by atoms with Crippen LogP contribution in [0.1, 0.15) is 32.4 Å². The molecule has 1 unspecified atom stereocenters. The number of benzene rings is 1. The van der Waals surface area contributed by atoms with Gasteiger partial charge < -0.3 is 14.6 Å². The molecule has 2 rings (SSSR count). The molecule has 0 bridgehead atoms. The van der Waals surface area contributed by atoms with Crippen molar-refractivity contribution >= 4 is 0 Å². The predicted molar refractivity (Wildman–Crippen MR) is 57.2 cm³/mol. The van der Waals surface area contributed by atoms with E-state index in [2.05, 4.69) is 0 Å². The molecule has 1 atom stereocenters. The third kappa shape index (κ3) is 1.85. The van der Waals surface area contributed by atoms with E-state index in [-0.39, 0.29) is 11.3 Å². The van der Waals surface area contributed by atoms with E-state index in [1.807, 2.05) is 13.8 Å². The van der Waals surface area contributed by atoms with Gasteiger partial charge in [-0.15, -0.1) is 0 Å². The van der Waals surface area contributed by atoms with Crippen LogP contribution in [0.2, 0.25) is 0 Å². The van der Waals surface area contributed by atoms with Gasteiger partial charge in [0.15, 0.2) is 17.3 Å². The van der Waals surface area contributed by atoms with E-state index in [4.69, 9.17) is 9.47 Å². The number of ether oxygens (including phenoxy) is 2. The summed E-state index contributed by atoms with van der Waals surface area (Å²) in [7, 11) is 0. The lowest BCUT2D eigenvalue weighted by atomic mass is 10.1. The highest BCUT2D eigenvalue weighted by Crippen LogP contribution is 2.39. The highest BCUT2D eigenvalue weighted by molar-refractivity contribution is 5.46. The molecule has 88 valence electrons. The number of fused-ring (bicyclic) bond motifs is 1. The van der Waals surface area contributed by atoms with Gasteiger partial charge in [0.05, 0.1) is 6.10 Å². The molecule has 1 heterocycles. The summed E-state index contributed by atoms with van der Waals surface area (Å²) in [6, 6.07) is 3.14. The molecule has 0 fully saturated rings. The van der Waals surface area contributed by atoms with Gasteiger partial charge in [0, 0.05) is 5.56 Å². The molecule has 16 heavy (non-hydrogen) atoms. The largest absolute Gasteiger partial charge is 0.485 e. The van der Waals surface area contributed by atoms with Gasteiger partial charge >= 0.3 is 0 Å². The maximum absolute atomic E-state index is 14.0. The van der Waals surface area contributed by atoms with Crippen molar-refractivity contribution in [1.82, 2.24) is 0 Å². The molecule has 1 aromatic rings. The Balaban J connectivity index is 2.48. The van der Waals surface area contributed by atoms with Gasteiger partial charge in [0.25, 0.3) is 0 Å². The van der Waals surface area contributed by atoms with Gasteiger partial charge in [-0.2, -0.15) is 0 Å². The quantitative estimate of drug-likeness (QED) is 0.799. The van der Waals surface area contributed by atoms with E-state index in [0.29, 0.717) is 12.4 Å². The van der Waals surface area contributed by atoms with Crippen LogP contribution in [0.15, 0.2) is 12.1 Å². The summed E-state index contributed by atoms with van der Waals surface area (Å²) >= 11 is 0. The summed E-state index contributed by atoms with van der Waals surface area (Å²) in [6.07, 6.45) is -0.862. The number of aliphatic hydroxyl groups is 1. The van der Waals surface area contributed by atoms with Gasteiger partial charge in [-0.1, -0.05) is 0 Å². The Morgan fingerprint density at radius 3 is 2.75 bits per heavy atom. The van der Waals surface area contributed by atoms with E-state index in [1.54, 1.807) is 6.07 Å². The maximum Gasteiger partial charge on any atom is 0.198 e. The average Bonchev–Trinajstić information content (AvgIpc) is 2.18. The average molecular weight is 226 g/mol. The van der Waals surface area contributed by atoms with E-state index in [9.17, 15) is 9.50 Å². The van der Waals surface area contributed by atoms with Crippen LogP contribution < -0.4 is 9.47 Å². The molecule has 0 saturated carbocycles. The molecule has 0 radical (unpaired) electrons. The van der Waals surface area contributed by atoms with Gasteiger partial charge in [-0.05, 0) is 32.9 Å². The molecular weight excluding hydrogens is 211 g/mol. The van der Waals surface area contributed by atoms with Crippen LogP contribution in [-0.2, 0) is 0 Å². The second-order valence-corrected chi connectivity index (χ2v) is 4.62. The molecule has 1 aliphatic heterocycles. The third-order valence-corrected chi connectivity index (χ3v) is 2.49. The smallest absolute Gasteiger partial charge is 0.198 e. The van der Waals surface area contributed by atoms with Crippen molar-refractivity contribution in [2.45, 2.75) is 32.5 Å². The molecule has 1 aromatic carbocycles. The first-order chi connectivity index (χ1) is 7.41. The number of aliphatic hydroxyl groups excluding tert-OH is 1. The van der Waals surface area contributed by atoms with Gasteiger partial charge in [0.2, 0.25) is 0 Å². The minimum Gasteiger partial charge on any atom is -0.485 e. The molecule has 4 heteroatoms. The molecule has 3 nitrogen and oxygen atoms in total. The lowest BCUT2D eigenvalue weighted by Gasteiger charge is -2.33.